The molecular formula is C13H12ClFN2OS. The lowest BCUT2D eigenvalue weighted by Gasteiger charge is -2.15. The summed E-state index contributed by atoms with van der Waals surface area (Å²) in [5.41, 5.74) is 0.0525. The van der Waals surface area contributed by atoms with Crippen LogP contribution >= 0.6 is 22.9 Å². The molecule has 1 N–H and O–H groups in total. The van der Waals surface area contributed by atoms with Crippen LogP contribution in [-0.4, -0.2) is 10.9 Å². The van der Waals surface area contributed by atoms with Gasteiger partial charge in [0.25, 0.3) is 5.91 Å². The Balaban J connectivity index is 2.18. The maximum atomic E-state index is 13.1. The van der Waals surface area contributed by atoms with Crippen molar-refractivity contribution in [1.29, 1.82) is 0 Å². The van der Waals surface area contributed by atoms with Crippen molar-refractivity contribution >= 4 is 28.8 Å². The summed E-state index contributed by atoms with van der Waals surface area (Å²) in [5.74, 6) is -1.00. The van der Waals surface area contributed by atoms with Gasteiger partial charge in [0, 0.05) is 4.88 Å². The van der Waals surface area contributed by atoms with Crippen LogP contribution in [0.25, 0.3) is 0 Å². The number of rotatable bonds is 4. The smallest absolute Gasteiger partial charge is 0.255 e. The van der Waals surface area contributed by atoms with Crippen molar-refractivity contribution in [3.8, 4) is 0 Å². The van der Waals surface area contributed by atoms with E-state index in [-0.39, 0.29) is 16.8 Å². The summed E-state index contributed by atoms with van der Waals surface area (Å²) < 4.78 is 13.1. The quantitative estimate of drug-likeness (QED) is 0.872. The van der Waals surface area contributed by atoms with E-state index in [1.54, 1.807) is 11.3 Å². The molecule has 100 valence electrons. The second-order valence-corrected chi connectivity index (χ2v) is 5.28. The second-order valence-electron chi connectivity index (χ2n) is 3.94. The number of thiophene rings is 1. The SMILES string of the molecule is CCC(NC(=O)c1cc(F)cnc1Cl)c1cccs1. The van der Waals surface area contributed by atoms with E-state index in [1.807, 2.05) is 24.4 Å². The van der Waals surface area contributed by atoms with Crippen molar-refractivity contribution in [3.05, 3.63) is 51.2 Å². The van der Waals surface area contributed by atoms with Crippen molar-refractivity contribution in [2.75, 3.05) is 0 Å². The largest absolute Gasteiger partial charge is 0.344 e. The topological polar surface area (TPSA) is 42.0 Å². The summed E-state index contributed by atoms with van der Waals surface area (Å²) in [6.07, 6.45) is 1.72. The van der Waals surface area contributed by atoms with E-state index >= 15 is 0 Å². The zero-order chi connectivity index (χ0) is 13.8. The van der Waals surface area contributed by atoms with Crippen molar-refractivity contribution < 1.29 is 9.18 Å². The van der Waals surface area contributed by atoms with Crippen LogP contribution in [0.3, 0.4) is 0 Å². The van der Waals surface area contributed by atoms with Gasteiger partial charge in [-0.15, -0.1) is 11.3 Å². The van der Waals surface area contributed by atoms with Gasteiger partial charge >= 0.3 is 0 Å². The zero-order valence-corrected chi connectivity index (χ0v) is 11.8. The Hall–Kier alpha value is -1.46. The Labute approximate surface area is 119 Å². The highest BCUT2D eigenvalue weighted by atomic mass is 35.5. The molecule has 0 fully saturated rings. The number of nitrogens with zero attached hydrogens (tertiary/aromatic N) is 1. The van der Waals surface area contributed by atoms with Crippen LogP contribution in [0, 0.1) is 5.82 Å². The summed E-state index contributed by atoms with van der Waals surface area (Å²) in [4.78, 5) is 16.8. The Bertz CT molecular complexity index is 574. The summed E-state index contributed by atoms with van der Waals surface area (Å²) in [6.45, 7) is 1.97. The first-order valence-corrected chi connectivity index (χ1v) is 7.03. The molecule has 0 spiro atoms. The molecular weight excluding hydrogens is 287 g/mol. The monoisotopic (exact) mass is 298 g/mol. The standard InChI is InChI=1S/C13H12ClFN2OS/c1-2-10(11-4-3-5-19-11)17-13(18)9-6-8(15)7-16-12(9)14/h3-7,10H,2H2,1H3,(H,17,18). The molecule has 6 heteroatoms. The number of amides is 1. The molecule has 0 aromatic carbocycles. The van der Waals surface area contributed by atoms with Gasteiger partial charge in [-0.1, -0.05) is 24.6 Å². The summed E-state index contributed by atoms with van der Waals surface area (Å²) in [5, 5.41) is 4.78. The van der Waals surface area contributed by atoms with Crippen LogP contribution in [-0.2, 0) is 0 Å². The fourth-order valence-corrected chi connectivity index (χ4v) is 2.73. The van der Waals surface area contributed by atoms with Crippen molar-refractivity contribution in [2.24, 2.45) is 0 Å². The lowest BCUT2D eigenvalue weighted by molar-refractivity contribution is 0.0935. The molecule has 3 nitrogen and oxygen atoms in total. The van der Waals surface area contributed by atoms with Crippen molar-refractivity contribution in [3.63, 3.8) is 0 Å². The van der Waals surface area contributed by atoms with E-state index in [0.29, 0.717) is 0 Å². The van der Waals surface area contributed by atoms with E-state index in [9.17, 15) is 9.18 Å². The van der Waals surface area contributed by atoms with Crippen LogP contribution in [0.15, 0.2) is 29.8 Å². The molecule has 0 radical (unpaired) electrons. The fourth-order valence-electron chi connectivity index (χ4n) is 1.68. The third-order valence-corrected chi connectivity index (χ3v) is 3.94. The average molecular weight is 299 g/mol. The van der Waals surface area contributed by atoms with Crippen LogP contribution in [0.4, 0.5) is 4.39 Å². The second kappa shape index (κ2) is 6.12. The highest BCUT2D eigenvalue weighted by Gasteiger charge is 2.18. The van der Waals surface area contributed by atoms with E-state index in [0.717, 1.165) is 23.6 Å². The maximum Gasteiger partial charge on any atom is 0.255 e. The maximum absolute atomic E-state index is 13.1. The lowest BCUT2D eigenvalue weighted by Crippen LogP contribution is -2.28. The number of carbonyl (C=O) groups is 1. The van der Waals surface area contributed by atoms with Gasteiger partial charge in [0.1, 0.15) is 11.0 Å². The number of pyridine rings is 1. The highest BCUT2D eigenvalue weighted by Crippen LogP contribution is 2.23. The number of hydrogen-bond donors (Lipinski definition) is 1. The minimum absolute atomic E-state index is 0.0000624. The minimum Gasteiger partial charge on any atom is -0.344 e. The first-order valence-electron chi connectivity index (χ1n) is 5.77. The average Bonchev–Trinajstić information content (AvgIpc) is 2.92. The number of carbonyl (C=O) groups excluding carboxylic acids is 1. The molecule has 2 heterocycles. The number of aromatic nitrogens is 1. The molecule has 0 bridgehead atoms. The molecule has 19 heavy (non-hydrogen) atoms. The lowest BCUT2D eigenvalue weighted by atomic mass is 10.1. The van der Waals surface area contributed by atoms with Gasteiger partial charge < -0.3 is 5.32 Å². The predicted molar refractivity (Wildman–Crippen MR) is 74.0 cm³/mol. The molecule has 1 unspecified atom stereocenters. The number of nitrogens with one attached hydrogen (secondary N) is 1. The Kier molecular flexibility index (Phi) is 4.50. The molecule has 1 amide bonds. The van der Waals surface area contributed by atoms with E-state index in [4.69, 9.17) is 11.6 Å². The van der Waals surface area contributed by atoms with Crippen molar-refractivity contribution in [1.82, 2.24) is 10.3 Å². The van der Waals surface area contributed by atoms with Crippen molar-refractivity contribution in [2.45, 2.75) is 19.4 Å². The Morgan fingerprint density at radius 1 is 1.63 bits per heavy atom. The Morgan fingerprint density at radius 2 is 2.42 bits per heavy atom. The Morgan fingerprint density at radius 3 is 3.05 bits per heavy atom. The molecule has 0 saturated carbocycles. The van der Waals surface area contributed by atoms with Crippen LogP contribution in [0.5, 0.6) is 0 Å². The first-order chi connectivity index (χ1) is 9.11. The fraction of sp³-hybridized carbons (Fsp3) is 0.231. The molecule has 0 aliphatic carbocycles. The summed E-state index contributed by atoms with van der Waals surface area (Å²) >= 11 is 7.37. The third kappa shape index (κ3) is 3.30. The van der Waals surface area contributed by atoms with Crippen LogP contribution in [0.2, 0.25) is 5.15 Å². The molecule has 1 atom stereocenters. The van der Waals surface area contributed by atoms with E-state index in [2.05, 4.69) is 10.3 Å². The van der Waals surface area contributed by atoms with Gasteiger partial charge in [0.05, 0.1) is 17.8 Å². The molecule has 0 saturated heterocycles. The van der Waals surface area contributed by atoms with Gasteiger partial charge in [-0.3, -0.25) is 4.79 Å². The van der Waals surface area contributed by atoms with Gasteiger partial charge in [0.2, 0.25) is 0 Å². The van der Waals surface area contributed by atoms with Crippen LogP contribution in [0.1, 0.15) is 34.6 Å². The summed E-state index contributed by atoms with van der Waals surface area (Å²) in [7, 11) is 0. The predicted octanol–water partition coefficient (Wildman–Crippen LogP) is 3.82. The molecule has 2 rings (SSSR count). The number of halogens is 2. The van der Waals surface area contributed by atoms with Gasteiger partial charge in [0.15, 0.2) is 0 Å². The molecule has 2 aromatic heterocycles. The first kappa shape index (κ1) is 14.0. The van der Waals surface area contributed by atoms with Gasteiger partial charge in [-0.2, -0.15) is 0 Å². The van der Waals surface area contributed by atoms with Gasteiger partial charge in [-0.05, 0) is 23.9 Å². The molecule has 2 aromatic rings. The minimum atomic E-state index is -0.585. The number of hydrogen-bond acceptors (Lipinski definition) is 3. The van der Waals surface area contributed by atoms with Gasteiger partial charge in [-0.25, -0.2) is 9.37 Å². The molecule has 0 aliphatic heterocycles. The van der Waals surface area contributed by atoms with E-state index in [1.165, 1.54) is 0 Å². The van der Waals surface area contributed by atoms with E-state index < -0.39 is 11.7 Å². The normalized spacial score (nSPS) is 12.2. The highest BCUT2D eigenvalue weighted by molar-refractivity contribution is 7.10. The molecule has 0 aliphatic rings. The summed E-state index contributed by atoms with van der Waals surface area (Å²) in [6, 6.07) is 4.86. The zero-order valence-electron chi connectivity index (χ0n) is 10.2. The third-order valence-electron chi connectivity index (χ3n) is 2.65. The van der Waals surface area contributed by atoms with Crippen LogP contribution < -0.4 is 5.32 Å².